The van der Waals surface area contributed by atoms with Crippen molar-refractivity contribution in [2.45, 2.75) is 64.6 Å². The second-order valence-electron chi connectivity index (χ2n) is 9.81. The van der Waals surface area contributed by atoms with Gasteiger partial charge < -0.3 is 10.2 Å². The van der Waals surface area contributed by atoms with E-state index in [-0.39, 0.29) is 29.1 Å². The van der Waals surface area contributed by atoms with Crippen molar-refractivity contribution in [2.24, 2.45) is 0 Å². The molecule has 2 unspecified atom stereocenters. The van der Waals surface area contributed by atoms with E-state index in [1.165, 1.54) is 23.1 Å². The summed E-state index contributed by atoms with van der Waals surface area (Å²) in [6.45, 7) is 8.97. The lowest BCUT2D eigenvalue weighted by molar-refractivity contribution is -0.139. The Kier molecular flexibility index (Phi) is 10.2. The first-order chi connectivity index (χ1) is 18.4. The third-order valence-corrected chi connectivity index (χ3v) is 8.65. The van der Waals surface area contributed by atoms with Gasteiger partial charge in [0.15, 0.2) is 0 Å². The molecule has 0 saturated carbocycles. The summed E-state index contributed by atoms with van der Waals surface area (Å²) in [7, 11) is -4.14. The smallest absolute Gasteiger partial charge is 0.264 e. The van der Waals surface area contributed by atoms with Crippen LogP contribution < -0.4 is 9.62 Å². The first kappa shape index (κ1) is 30.2. The van der Waals surface area contributed by atoms with Gasteiger partial charge in [0.25, 0.3) is 10.0 Å². The molecule has 0 heterocycles. The van der Waals surface area contributed by atoms with E-state index in [9.17, 15) is 18.0 Å². The molecule has 0 aliphatic rings. The van der Waals surface area contributed by atoms with Crippen LogP contribution in [0, 0.1) is 13.8 Å². The molecule has 3 rings (SSSR count). The minimum absolute atomic E-state index is 0.0496. The van der Waals surface area contributed by atoms with Crippen molar-refractivity contribution < 1.29 is 18.0 Å². The minimum Gasteiger partial charge on any atom is -0.352 e. The molecule has 0 aromatic heterocycles. The molecule has 0 aliphatic heterocycles. The second kappa shape index (κ2) is 13.1. The number of anilines is 1. The van der Waals surface area contributed by atoms with Gasteiger partial charge in [-0.25, -0.2) is 8.42 Å². The predicted octanol–water partition coefficient (Wildman–Crippen LogP) is 5.48. The summed E-state index contributed by atoms with van der Waals surface area (Å²) in [5, 5.41) is 3.27. The summed E-state index contributed by atoms with van der Waals surface area (Å²) >= 11 is 6.21. The van der Waals surface area contributed by atoms with Gasteiger partial charge >= 0.3 is 0 Å². The highest BCUT2D eigenvalue weighted by atomic mass is 35.5. The van der Waals surface area contributed by atoms with Crippen LogP contribution >= 0.6 is 11.6 Å². The molecule has 2 atom stereocenters. The number of amides is 2. The maximum absolute atomic E-state index is 13.9. The highest BCUT2D eigenvalue weighted by Gasteiger charge is 2.32. The number of nitrogens with zero attached hydrogens (tertiary/aromatic N) is 2. The Bertz CT molecular complexity index is 1390. The normalized spacial score (nSPS) is 12.9. The zero-order chi connectivity index (χ0) is 28.7. The zero-order valence-electron chi connectivity index (χ0n) is 23.0. The fourth-order valence-electron chi connectivity index (χ4n) is 3.94. The van der Waals surface area contributed by atoms with E-state index in [2.05, 4.69) is 5.32 Å². The Morgan fingerprint density at radius 2 is 1.51 bits per heavy atom. The van der Waals surface area contributed by atoms with Gasteiger partial charge in [-0.3, -0.25) is 13.9 Å². The predicted molar refractivity (Wildman–Crippen MR) is 156 cm³/mol. The fourth-order valence-corrected chi connectivity index (χ4v) is 5.53. The highest BCUT2D eigenvalue weighted by Crippen LogP contribution is 2.27. The quantitative estimate of drug-likeness (QED) is 0.331. The van der Waals surface area contributed by atoms with Crippen LogP contribution in [0.2, 0.25) is 5.02 Å². The molecule has 3 aromatic carbocycles. The molecule has 0 spiro atoms. The Hall–Kier alpha value is -3.36. The van der Waals surface area contributed by atoms with Gasteiger partial charge in [-0.15, -0.1) is 0 Å². The zero-order valence-corrected chi connectivity index (χ0v) is 24.6. The van der Waals surface area contributed by atoms with Gasteiger partial charge in [-0.2, -0.15) is 0 Å². The first-order valence-electron chi connectivity index (χ1n) is 12.9. The largest absolute Gasteiger partial charge is 0.352 e. The Balaban J connectivity index is 2.02. The Labute approximate surface area is 236 Å². The average Bonchev–Trinajstić information content (AvgIpc) is 2.90. The van der Waals surface area contributed by atoms with Crippen LogP contribution in [0.25, 0.3) is 0 Å². The molecule has 0 fully saturated rings. The van der Waals surface area contributed by atoms with Gasteiger partial charge in [0.05, 0.1) is 10.6 Å². The van der Waals surface area contributed by atoms with Crippen molar-refractivity contribution in [1.29, 1.82) is 0 Å². The molecule has 9 heteroatoms. The SMILES string of the molecule is CCC(C)NC(=O)C(C)N(Cc1ccc(C)cc1)C(=O)CN(c1cccc(Cl)c1)S(=O)(=O)c1ccc(C)cc1. The Morgan fingerprint density at radius 3 is 2.08 bits per heavy atom. The van der Waals surface area contributed by atoms with Crippen LogP contribution in [0.15, 0.2) is 77.7 Å². The minimum atomic E-state index is -4.14. The van der Waals surface area contributed by atoms with E-state index in [0.717, 1.165) is 27.4 Å². The molecule has 2 amide bonds. The molecule has 0 bridgehead atoms. The molecule has 39 heavy (non-hydrogen) atoms. The van der Waals surface area contributed by atoms with Gasteiger partial charge in [-0.05, 0) is 70.0 Å². The van der Waals surface area contributed by atoms with Crippen molar-refractivity contribution >= 4 is 39.1 Å². The number of nitrogens with one attached hydrogen (secondary N) is 1. The van der Waals surface area contributed by atoms with E-state index in [4.69, 9.17) is 11.6 Å². The number of carbonyl (C=O) groups is 2. The highest BCUT2D eigenvalue weighted by molar-refractivity contribution is 7.92. The monoisotopic (exact) mass is 569 g/mol. The topological polar surface area (TPSA) is 86.8 Å². The van der Waals surface area contributed by atoms with Crippen LogP contribution in [0.5, 0.6) is 0 Å². The summed E-state index contributed by atoms with van der Waals surface area (Å²) in [4.78, 5) is 28.5. The maximum atomic E-state index is 13.9. The van der Waals surface area contributed by atoms with E-state index < -0.39 is 28.5 Å². The maximum Gasteiger partial charge on any atom is 0.264 e. The summed E-state index contributed by atoms with van der Waals surface area (Å²) in [6.07, 6.45) is 0.738. The van der Waals surface area contributed by atoms with Crippen LogP contribution in [0.1, 0.15) is 43.9 Å². The lowest BCUT2D eigenvalue weighted by atomic mass is 10.1. The Morgan fingerprint density at radius 1 is 0.923 bits per heavy atom. The molecule has 208 valence electrons. The molecule has 0 aliphatic carbocycles. The van der Waals surface area contributed by atoms with E-state index in [0.29, 0.717) is 5.02 Å². The molecule has 1 N–H and O–H groups in total. The molecule has 0 saturated heterocycles. The number of sulfonamides is 1. The van der Waals surface area contributed by atoms with Gasteiger partial charge in [0, 0.05) is 17.6 Å². The van der Waals surface area contributed by atoms with Crippen LogP contribution in [0.3, 0.4) is 0 Å². The van der Waals surface area contributed by atoms with Crippen molar-refractivity contribution in [3.63, 3.8) is 0 Å². The molecule has 0 radical (unpaired) electrons. The molecular weight excluding hydrogens is 534 g/mol. The standard InChI is InChI=1S/C30H36ClN3O4S/c1-6-23(4)32-30(36)24(5)33(19-25-14-10-21(2)11-15-25)29(35)20-34(27-9-7-8-26(31)18-27)39(37,38)28-16-12-22(3)13-17-28/h7-18,23-24H,6,19-20H2,1-5H3,(H,32,36). The number of hydrogen-bond donors (Lipinski definition) is 1. The van der Waals surface area contributed by atoms with Crippen LogP contribution in [-0.2, 0) is 26.2 Å². The number of halogens is 1. The van der Waals surface area contributed by atoms with Gasteiger partial charge in [-0.1, -0.05) is 72.1 Å². The van der Waals surface area contributed by atoms with E-state index >= 15 is 0 Å². The summed E-state index contributed by atoms with van der Waals surface area (Å²) in [6, 6.07) is 19.5. The molecule has 3 aromatic rings. The average molecular weight is 570 g/mol. The third kappa shape index (κ3) is 7.83. The lowest BCUT2D eigenvalue weighted by Crippen LogP contribution is -2.52. The lowest BCUT2D eigenvalue weighted by Gasteiger charge is -2.32. The van der Waals surface area contributed by atoms with Crippen LogP contribution in [0.4, 0.5) is 5.69 Å². The number of rotatable bonds is 11. The molecule has 7 nitrogen and oxygen atoms in total. The van der Waals surface area contributed by atoms with Crippen molar-refractivity contribution in [2.75, 3.05) is 10.8 Å². The summed E-state index contributed by atoms with van der Waals surface area (Å²) < 4.78 is 28.7. The first-order valence-corrected chi connectivity index (χ1v) is 14.7. The second-order valence-corrected chi connectivity index (χ2v) is 12.1. The van der Waals surface area contributed by atoms with Gasteiger partial charge in [0.1, 0.15) is 12.6 Å². The van der Waals surface area contributed by atoms with Crippen LogP contribution in [-0.4, -0.2) is 43.8 Å². The number of aryl methyl sites for hydroxylation is 2. The van der Waals surface area contributed by atoms with E-state index in [1.54, 1.807) is 37.3 Å². The number of benzene rings is 3. The summed E-state index contributed by atoms with van der Waals surface area (Å²) in [5.41, 5.74) is 3.05. The number of hydrogen-bond acceptors (Lipinski definition) is 4. The van der Waals surface area contributed by atoms with Gasteiger partial charge in [0.2, 0.25) is 11.8 Å². The summed E-state index contributed by atoms with van der Waals surface area (Å²) in [5.74, 6) is -0.821. The number of carbonyl (C=O) groups excluding carboxylic acids is 2. The van der Waals surface area contributed by atoms with Crippen molar-refractivity contribution in [3.05, 3.63) is 94.5 Å². The third-order valence-electron chi connectivity index (χ3n) is 6.63. The molecular formula is C30H36ClN3O4S. The van der Waals surface area contributed by atoms with E-state index in [1.807, 2.05) is 52.0 Å². The van der Waals surface area contributed by atoms with Crippen molar-refractivity contribution in [1.82, 2.24) is 10.2 Å². The van der Waals surface area contributed by atoms with Crippen molar-refractivity contribution in [3.8, 4) is 0 Å². The fraction of sp³-hybridized carbons (Fsp3) is 0.333.